The lowest BCUT2D eigenvalue weighted by Gasteiger charge is -2.27. The first-order valence-corrected chi connectivity index (χ1v) is 6.85. The molecule has 0 bridgehead atoms. The van der Waals surface area contributed by atoms with E-state index in [-0.39, 0.29) is 0 Å². The first-order chi connectivity index (χ1) is 8.74. The summed E-state index contributed by atoms with van der Waals surface area (Å²) in [5, 5.41) is 3.52. The van der Waals surface area contributed by atoms with Crippen LogP contribution in [0.3, 0.4) is 0 Å². The largest absolute Gasteiger partial charge is 0.331 e. The van der Waals surface area contributed by atoms with Gasteiger partial charge in [0.1, 0.15) is 5.82 Å². The van der Waals surface area contributed by atoms with Crippen molar-refractivity contribution in [2.75, 3.05) is 13.1 Å². The van der Waals surface area contributed by atoms with E-state index >= 15 is 0 Å². The molecule has 1 saturated heterocycles. The van der Waals surface area contributed by atoms with Crippen molar-refractivity contribution in [2.45, 2.75) is 19.8 Å². The summed E-state index contributed by atoms with van der Waals surface area (Å²) in [6, 6.07) is 8.38. The van der Waals surface area contributed by atoms with Crippen molar-refractivity contribution in [1.29, 1.82) is 0 Å². The molecule has 0 aliphatic carbocycles. The molecule has 3 heteroatoms. The maximum Gasteiger partial charge on any atom is 0.109 e. The quantitative estimate of drug-likeness (QED) is 0.877. The fourth-order valence-corrected chi connectivity index (χ4v) is 3.06. The molecule has 2 atom stereocenters. The van der Waals surface area contributed by atoms with Gasteiger partial charge in [0.05, 0.1) is 11.0 Å². The molecule has 18 heavy (non-hydrogen) atoms. The Hall–Kier alpha value is -1.35. The van der Waals surface area contributed by atoms with E-state index in [1.54, 1.807) is 0 Å². The maximum absolute atomic E-state index is 4.77. The van der Waals surface area contributed by atoms with Crippen LogP contribution in [0.2, 0.25) is 0 Å². The SMILES string of the molecule is CC1CNCC(Cc2nc3ccccc3n2C)C1. The molecule has 2 aromatic rings. The summed E-state index contributed by atoms with van der Waals surface area (Å²) in [5.41, 5.74) is 2.36. The van der Waals surface area contributed by atoms with Crippen LogP contribution in [-0.2, 0) is 13.5 Å². The van der Waals surface area contributed by atoms with Crippen LogP contribution in [0.4, 0.5) is 0 Å². The number of benzene rings is 1. The van der Waals surface area contributed by atoms with Gasteiger partial charge in [0.25, 0.3) is 0 Å². The Labute approximate surface area is 108 Å². The number of hydrogen-bond acceptors (Lipinski definition) is 2. The monoisotopic (exact) mass is 243 g/mol. The first kappa shape index (κ1) is 11.7. The second kappa shape index (κ2) is 4.73. The van der Waals surface area contributed by atoms with E-state index < -0.39 is 0 Å². The first-order valence-electron chi connectivity index (χ1n) is 6.85. The van der Waals surface area contributed by atoms with Crippen molar-refractivity contribution in [3.63, 3.8) is 0 Å². The fourth-order valence-electron chi connectivity index (χ4n) is 3.06. The van der Waals surface area contributed by atoms with E-state index in [9.17, 15) is 0 Å². The number of aryl methyl sites for hydroxylation is 1. The minimum Gasteiger partial charge on any atom is -0.331 e. The third-order valence-corrected chi connectivity index (χ3v) is 4.01. The van der Waals surface area contributed by atoms with Crippen LogP contribution in [0.25, 0.3) is 11.0 Å². The average molecular weight is 243 g/mol. The van der Waals surface area contributed by atoms with Gasteiger partial charge >= 0.3 is 0 Å². The Balaban J connectivity index is 1.84. The van der Waals surface area contributed by atoms with Gasteiger partial charge in [-0.25, -0.2) is 4.98 Å². The molecule has 0 spiro atoms. The van der Waals surface area contributed by atoms with Crippen molar-refractivity contribution in [2.24, 2.45) is 18.9 Å². The van der Waals surface area contributed by atoms with Crippen LogP contribution in [0.5, 0.6) is 0 Å². The van der Waals surface area contributed by atoms with E-state index in [0.29, 0.717) is 0 Å². The number of para-hydroxylation sites is 2. The van der Waals surface area contributed by atoms with Gasteiger partial charge < -0.3 is 9.88 Å². The van der Waals surface area contributed by atoms with Gasteiger partial charge in [-0.05, 0) is 43.5 Å². The lowest BCUT2D eigenvalue weighted by Crippen LogP contribution is -2.36. The minimum atomic E-state index is 0.726. The molecule has 1 aromatic carbocycles. The van der Waals surface area contributed by atoms with E-state index in [1.807, 2.05) is 0 Å². The van der Waals surface area contributed by atoms with Gasteiger partial charge in [-0.15, -0.1) is 0 Å². The Kier molecular flexibility index (Phi) is 3.08. The molecule has 1 N–H and O–H groups in total. The van der Waals surface area contributed by atoms with E-state index in [1.165, 1.54) is 24.3 Å². The molecule has 1 aliphatic rings. The molecule has 2 heterocycles. The smallest absolute Gasteiger partial charge is 0.109 e. The Morgan fingerprint density at radius 2 is 2.17 bits per heavy atom. The highest BCUT2D eigenvalue weighted by atomic mass is 15.1. The second-order valence-corrected chi connectivity index (χ2v) is 5.65. The molecule has 1 aliphatic heterocycles. The maximum atomic E-state index is 4.77. The van der Waals surface area contributed by atoms with Crippen molar-refractivity contribution in [1.82, 2.24) is 14.9 Å². The summed E-state index contributed by atoms with van der Waals surface area (Å²) in [4.78, 5) is 4.77. The summed E-state index contributed by atoms with van der Waals surface area (Å²) < 4.78 is 2.24. The van der Waals surface area contributed by atoms with Gasteiger partial charge in [0.15, 0.2) is 0 Å². The van der Waals surface area contributed by atoms with Crippen molar-refractivity contribution >= 4 is 11.0 Å². The lowest BCUT2D eigenvalue weighted by atomic mass is 9.89. The lowest BCUT2D eigenvalue weighted by molar-refractivity contribution is 0.297. The molecule has 1 fully saturated rings. The van der Waals surface area contributed by atoms with Crippen LogP contribution >= 0.6 is 0 Å². The van der Waals surface area contributed by atoms with E-state index in [2.05, 4.69) is 48.1 Å². The summed E-state index contributed by atoms with van der Waals surface area (Å²) in [6.45, 7) is 4.63. The zero-order chi connectivity index (χ0) is 12.5. The summed E-state index contributed by atoms with van der Waals surface area (Å²) in [7, 11) is 2.13. The topological polar surface area (TPSA) is 29.9 Å². The van der Waals surface area contributed by atoms with Gasteiger partial charge in [-0.2, -0.15) is 0 Å². The van der Waals surface area contributed by atoms with Gasteiger partial charge in [-0.3, -0.25) is 0 Å². The highest BCUT2D eigenvalue weighted by Gasteiger charge is 2.20. The number of fused-ring (bicyclic) bond motifs is 1. The van der Waals surface area contributed by atoms with E-state index in [4.69, 9.17) is 4.98 Å². The second-order valence-electron chi connectivity index (χ2n) is 5.65. The summed E-state index contributed by atoms with van der Waals surface area (Å²) in [6.07, 6.45) is 2.40. The molecule has 1 aromatic heterocycles. The molecule has 0 saturated carbocycles. The number of piperidine rings is 1. The molecule has 2 unspecified atom stereocenters. The fraction of sp³-hybridized carbons (Fsp3) is 0.533. The zero-order valence-corrected chi connectivity index (χ0v) is 11.2. The molecule has 3 nitrogen and oxygen atoms in total. The number of nitrogens with one attached hydrogen (secondary N) is 1. The zero-order valence-electron chi connectivity index (χ0n) is 11.2. The highest BCUT2D eigenvalue weighted by Crippen LogP contribution is 2.22. The number of nitrogens with zero attached hydrogens (tertiary/aromatic N) is 2. The Morgan fingerprint density at radius 3 is 2.94 bits per heavy atom. The van der Waals surface area contributed by atoms with Crippen LogP contribution in [-0.4, -0.2) is 22.6 Å². The molecule has 0 radical (unpaired) electrons. The third kappa shape index (κ3) is 2.15. The molecular formula is C15H21N3. The molecule has 96 valence electrons. The summed E-state index contributed by atoms with van der Waals surface area (Å²) in [5.74, 6) is 2.74. The predicted molar refractivity (Wildman–Crippen MR) is 74.6 cm³/mol. The standard InChI is InChI=1S/C15H21N3/c1-11-7-12(10-16-9-11)8-15-17-13-5-3-4-6-14(13)18(15)2/h3-6,11-12,16H,7-10H2,1-2H3. The van der Waals surface area contributed by atoms with E-state index in [0.717, 1.165) is 30.3 Å². The Morgan fingerprint density at radius 1 is 1.33 bits per heavy atom. The normalized spacial score (nSPS) is 24.6. The summed E-state index contributed by atoms with van der Waals surface area (Å²) >= 11 is 0. The predicted octanol–water partition coefficient (Wildman–Crippen LogP) is 2.36. The van der Waals surface area contributed by atoms with Gasteiger partial charge in [0, 0.05) is 13.5 Å². The number of hydrogen-bond donors (Lipinski definition) is 1. The average Bonchev–Trinajstić information content (AvgIpc) is 2.67. The molecule has 0 amide bonds. The van der Waals surface area contributed by atoms with Crippen molar-refractivity contribution in [3.8, 4) is 0 Å². The van der Waals surface area contributed by atoms with Gasteiger partial charge in [0.2, 0.25) is 0 Å². The van der Waals surface area contributed by atoms with Crippen molar-refractivity contribution in [3.05, 3.63) is 30.1 Å². The minimum absolute atomic E-state index is 0.726. The number of aromatic nitrogens is 2. The highest BCUT2D eigenvalue weighted by molar-refractivity contribution is 5.75. The van der Waals surface area contributed by atoms with Crippen LogP contribution in [0.1, 0.15) is 19.2 Å². The third-order valence-electron chi connectivity index (χ3n) is 4.01. The number of rotatable bonds is 2. The molecular weight excluding hydrogens is 222 g/mol. The van der Waals surface area contributed by atoms with Crippen LogP contribution in [0.15, 0.2) is 24.3 Å². The van der Waals surface area contributed by atoms with Crippen molar-refractivity contribution < 1.29 is 0 Å². The Bertz CT molecular complexity index is 544. The van der Waals surface area contributed by atoms with Gasteiger partial charge in [-0.1, -0.05) is 19.1 Å². The van der Waals surface area contributed by atoms with Crippen LogP contribution in [0, 0.1) is 11.8 Å². The molecule has 3 rings (SSSR count). The van der Waals surface area contributed by atoms with Crippen LogP contribution < -0.4 is 5.32 Å². The number of imidazole rings is 1.